The fourth-order valence-electron chi connectivity index (χ4n) is 1.000. The van der Waals surface area contributed by atoms with E-state index in [1.54, 1.807) is 6.92 Å². The highest BCUT2D eigenvalue weighted by Gasteiger charge is 2.36. The largest absolute Gasteiger partial charge is 0.461 e. The summed E-state index contributed by atoms with van der Waals surface area (Å²) in [4.78, 5) is 11.0. The van der Waals surface area contributed by atoms with Crippen LogP contribution < -0.4 is 0 Å². The molecule has 106 valence electrons. The molecule has 0 saturated carbocycles. The molecule has 0 aliphatic heterocycles. The number of carbonyl (C=O) groups excluding carboxylic acids is 1. The molecule has 0 unspecified atom stereocenters. The SMILES string of the molecule is CCOC(=O)C(F)=CCCO[Si](C)(C)C(C)(C)C. The van der Waals surface area contributed by atoms with Crippen LogP contribution in [0.1, 0.15) is 34.1 Å². The molecule has 0 amide bonds. The van der Waals surface area contributed by atoms with Crippen LogP contribution in [0.2, 0.25) is 18.1 Å². The van der Waals surface area contributed by atoms with E-state index in [4.69, 9.17) is 4.43 Å². The summed E-state index contributed by atoms with van der Waals surface area (Å²) >= 11 is 0. The number of esters is 1. The predicted molar refractivity (Wildman–Crippen MR) is 73.6 cm³/mol. The highest BCUT2D eigenvalue weighted by Crippen LogP contribution is 2.36. The van der Waals surface area contributed by atoms with Gasteiger partial charge in [0.1, 0.15) is 0 Å². The molecular formula is C13H25FO3Si. The Hall–Kier alpha value is -0.683. The van der Waals surface area contributed by atoms with Crippen molar-refractivity contribution in [1.29, 1.82) is 0 Å². The van der Waals surface area contributed by atoms with Crippen LogP contribution in [0.25, 0.3) is 0 Å². The molecule has 0 fully saturated rings. The number of halogens is 1. The summed E-state index contributed by atoms with van der Waals surface area (Å²) in [6, 6.07) is 0. The average Bonchev–Trinajstić information content (AvgIpc) is 2.22. The van der Waals surface area contributed by atoms with E-state index in [0.717, 1.165) is 0 Å². The van der Waals surface area contributed by atoms with Crippen LogP contribution in [0, 0.1) is 0 Å². The first-order valence-corrected chi connectivity index (χ1v) is 9.19. The molecule has 0 spiro atoms. The molecule has 0 saturated heterocycles. The number of rotatable bonds is 6. The standard InChI is InChI=1S/C13H25FO3Si/c1-7-16-12(15)11(14)9-8-10-17-18(5,6)13(2,3)4/h9H,7-8,10H2,1-6H3. The minimum Gasteiger partial charge on any atom is -0.461 e. The fourth-order valence-corrected chi connectivity index (χ4v) is 2.06. The lowest BCUT2D eigenvalue weighted by molar-refractivity contribution is -0.140. The molecule has 0 aromatic rings. The molecule has 3 nitrogen and oxygen atoms in total. The number of hydrogen-bond acceptors (Lipinski definition) is 3. The minimum absolute atomic E-state index is 0.135. The highest BCUT2D eigenvalue weighted by molar-refractivity contribution is 6.74. The van der Waals surface area contributed by atoms with Gasteiger partial charge in [0.2, 0.25) is 5.83 Å². The van der Waals surface area contributed by atoms with E-state index in [0.29, 0.717) is 13.0 Å². The first-order valence-electron chi connectivity index (χ1n) is 6.28. The Morgan fingerprint density at radius 1 is 1.33 bits per heavy atom. The zero-order valence-corrected chi connectivity index (χ0v) is 13.3. The summed E-state index contributed by atoms with van der Waals surface area (Å²) in [5.74, 6) is -1.74. The lowest BCUT2D eigenvalue weighted by Crippen LogP contribution is -2.40. The Morgan fingerprint density at radius 2 is 1.89 bits per heavy atom. The third-order valence-electron chi connectivity index (χ3n) is 3.18. The van der Waals surface area contributed by atoms with Gasteiger partial charge in [-0.25, -0.2) is 4.79 Å². The van der Waals surface area contributed by atoms with Crippen molar-refractivity contribution in [2.24, 2.45) is 0 Å². The Labute approximate surface area is 110 Å². The smallest absolute Gasteiger partial charge is 0.366 e. The molecular weight excluding hydrogens is 251 g/mol. The van der Waals surface area contributed by atoms with E-state index in [1.807, 2.05) is 0 Å². The zero-order valence-electron chi connectivity index (χ0n) is 12.3. The van der Waals surface area contributed by atoms with Crippen molar-refractivity contribution in [2.45, 2.75) is 52.2 Å². The van der Waals surface area contributed by atoms with Crippen LogP contribution in [-0.4, -0.2) is 27.5 Å². The summed E-state index contributed by atoms with van der Waals surface area (Å²) < 4.78 is 23.6. The Morgan fingerprint density at radius 3 is 2.33 bits per heavy atom. The normalized spacial score (nSPS) is 13.6. The van der Waals surface area contributed by atoms with Crippen molar-refractivity contribution >= 4 is 14.3 Å². The van der Waals surface area contributed by atoms with Gasteiger partial charge in [0.25, 0.3) is 0 Å². The fraction of sp³-hybridized carbons (Fsp3) is 0.769. The Bertz CT molecular complexity index is 306. The quantitative estimate of drug-likeness (QED) is 0.320. The van der Waals surface area contributed by atoms with Crippen LogP contribution >= 0.6 is 0 Å². The number of hydrogen-bond donors (Lipinski definition) is 0. The van der Waals surface area contributed by atoms with Gasteiger partial charge in [0.05, 0.1) is 6.61 Å². The van der Waals surface area contributed by atoms with Gasteiger partial charge >= 0.3 is 5.97 Å². The van der Waals surface area contributed by atoms with E-state index in [1.165, 1.54) is 6.08 Å². The summed E-state index contributed by atoms with van der Waals surface area (Å²) in [5, 5.41) is 0.135. The van der Waals surface area contributed by atoms with Crippen molar-refractivity contribution in [1.82, 2.24) is 0 Å². The van der Waals surface area contributed by atoms with Gasteiger partial charge < -0.3 is 9.16 Å². The molecule has 0 aliphatic carbocycles. The van der Waals surface area contributed by atoms with Crippen LogP contribution in [0.3, 0.4) is 0 Å². The third-order valence-corrected chi connectivity index (χ3v) is 7.72. The van der Waals surface area contributed by atoms with Crippen molar-refractivity contribution < 1.29 is 18.3 Å². The van der Waals surface area contributed by atoms with Crippen molar-refractivity contribution in [2.75, 3.05) is 13.2 Å². The van der Waals surface area contributed by atoms with Crippen LogP contribution in [-0.2, 0) is 14.0 Å². The maximum Gasteiger partial charge on any atom is 0.366 e. The Balaban J connectivity index is 4.14. The zero-order chi connectivity index (χ0) is 14.4. The predicted octanol–water partition coefficient (Wildman–Crippen LogP) is 3.81. The minimum atomic E-state index is -1.79. The molecule has 5 heteroatoms. The van der Waals surface area contributed by atoms with Gasteiger partial charge in [-0.2, -0.15) is 4.39 Å². The highest BCUT2D eigenvalue weighted by atomic mass is 28.4. The second-order valence-corrected chi connectivity index (χ2v) is 10.5. The van der Waals surface area contributed by atoms with Crippen LogP contribution in [0.4, 0.5) is 4.39 Å². The van der Waals surface area contributed by atoms with Crippen LogP contribution in [0.5, 0.6) is 0 Å². The average molecular weight is 276 g/mol. The molecule has 0 radical (unpaired) electrons. The molecule has 18 heavy (non-hydrogen) atoms. The third kappa shape index (κ3) is 5.77. The van der Waals surface area contributed by atoms with Gasteiger partial charge in [-0.1, -0.05) is 20.8 Å². The Kier molecular flexibility index (Phi) is 6.77. The van der Waals surface area contributed by atoms with Gasteiger partial charge in [0, 0.05) is 6.61 Å². The molecule has 0 N–H and O–H groups in total. The first kappa shape index (κ1) is 17.3. The molecule has 0 aromatic carbocycles. The topological polar surface area (TPSA) is 35.5 Å². The summed E-state index contributed by atoms with van der Waals surface area (Å²) in [6.45, 7) is 13.0. The van der Waals surface area contributed by atoms with E-state index in [-0.39, 0.29) is 11.6 Å². The van der Waals surface area contributed by atoms with Crippen LogP contribution in [0.15, 0.2) is 11.9 Å². The van der Waals surface area contributed by atoms with Crippen molar-refractivity contribution in [3.05, 3.63) is 11.9 Å². The van der Waals surface area contributed by atoms with Gasteiger partial charge in [-0.15, -0.1) is 0 Å². The summed E-state index contributed by atoms with van der Waals surface area (Å²) in [6.07, 6.45) is 1.61. The summed E-state index contributed by atoms with van der Waals surface area (Å²) in [7, 11) is -1.79. The molecule has 0 rings (SSSR count). The number of ether oxygens (including phenoxy) is 1. The van der Waals surface area contributed by atoms with Gasteiger partial charge in [0.15, 0.2) is 8.32 Å². The summed E-state index contributed by atoms with van der Waals surface area (Å²) in [5.41, 5.74) is 0. The molecule has 0 aliphatic rings. The molecule has 0 bridgehead atoms. The first-order chi connectivity index (χ1) is 8.12. The lowest BCUT2D eigenvalue weighted by Gasteiger charge is -2.36. The van der Waals surface area contributed by atoms with Crippen molar-refractivity contribution in [3.8, 4) is 0 Å². The second kappa shape index (κ2) is 7.04. The van der Waals surface area contributed by atoms with Gasteiger partial charge in [-0.05, 0) is 37.6 Å². The number of carbonyl (C=O) groups is 1. The maximum absolute atomic E-state index is 13.2. The van der Waals surface area contributed by atoms with E-state index in [9.17, 15) is 9.18 Å². The van der Waals surface area contributed by atoms with Crippen molar-refractivity contribution in [3.63, 3.8) is 0 Å². The molecule has 0 aromatic heterocycles. The van der Waals surface area contributed by atoms with E-state index in [2.05, 4.69) is 38.6 Å². The van der Waals surface area contributed by atoms with E-state index < -0.39 is 20.1 Å². The lowest BCUT2D eigenvalue weighted by atomic mass is 10.2. The monoisotopic (exact) mass is 276 g/mol. The molecule has 0 heterocycles. The van der Waals surface area contributed by atoms with E-state index >= 15 is 0 Å². The maximum atomic E-state index is 13.2. The van der Waals surface area contributed by atoms with Gasteiger partial charge in [-0.3, -0.25) is 0 Å². The molecule has 0 atom stereocenters. The second-order valence-electron chi connectivity index (χ2n) is 5.67.